The Morgan fingerprint density at radius 1 is 1.19 bits per heavy atom. The highest BCUT2D eigenvalue weighted by atomic mass is 32.1. The van der Waals surface area contributed by atoms with Crippen molar-refractivity contribution >= 4 is 17.3 Å². The van der Waals surface area contributed by atoms with Gasteiger partial charge in [0, 0.05) is 18.0 Å². The van der Waals surface area contributed by atoms with Crippen LogP contribution in [0.2, 0.25) is 0 Å². The van der Waals surface area contributed by atoms with Crippen molar-refractivity contribution in [3.63, 3.8) is 0 Å². The molecule has 7 heteroatoms. The molecule has 1 aromatic heterocycles. The predicted molar refractivity (Wildman–Crippen MR) is 108 cm³/mol. The van der Waals surface area contributed by atoms with Crippen molar-refractivity contribution in [2.75, 3.05) is 27.3 Å². The van der Waals surface area contributed by atoms with Crippen LogP contribution in [0, 0.1) is 13.8 Å². The standard InChI is InChI=1S/C19H28N4O2S/c1-6-20-19(22-12-18-13(2)23-14(3)26-18)21-10-9-15-11-16(24-4)7-8-17(15)25-5/h7-8,11H,6,9-10,12H2,1-5H3,(H2,20,21,22). The number of nitrogens with one attached hydrogen (secondary N) is 2. The number of ether oxygens (including phenoxy) is 2. The van der Waals surface area contributed by atoms with Gasteiger partial charge in [-0.25, -0.2) is 9.98 Å². The van der Waals surface area contributed by atoms with E-state index in [-0.39, 0.29) is 0 Å². The number of benzene rings is 1. The van der Waals surface area contributed by atoms with Crippen LogP contribution in [0.4, 0.5) is 0 Å². The van der Waals surface area contributed by atoms with E-state index in [1.54, 1.807) is 25.6 Å². The molecule has 0 radical (unpaired) electrons. The van der Waals surface area contributed by atoms with E-state index in [9.17, 15) is 0 Å². The first-order chi connectivity index (χ1) is 12.6. The van der Waals surface area contributed by atoms with Gasteiger partial charge in [0.25, 0.3) is 0 Å². The van der Waals surface area contributed by atoms with Gasteiger partial charge in [-0.05, 0) is 51.0 Å². The van der Waals surface area contributed by atoms with Crippen molar-refractivity contribution < 1.29 is 9.47 Å². The van der Waals surface area contributed by atoms with Crippen molar-refractivity contribution in [1.82, 2.24) is 15.6 Å². The Morgan fingerprint density at radius 3 is 2.62 bits per heavy atom. The molecule has 0 aliphatic heterocycles. The molecule has 26 heavy (non-hydrogen) atoms. The van der Waals surface area contributed by atoms with Crippen LogP contribution >= 0.6 is 11.3 Å². The Labute approximate surface area is 159 Å². The van der Waals surface area contributed by atoms with Crippen LogP contribution in [-0.2, 0) is 13.0 Å². The first-order valence-corrected chi connectivity index (χ1v) is 9.55. The number of aliphatic imine (C=N–C) groups is 1. The SMILES string of the molecule is CCNC(=NCc1sc(C)nc1C)NCCc1cc(OC)ccc1OC. The summed E-state index contributed by atoms with van der Waals surface area (Å²) in [6, 6.07) is 5.84. The van der Waals surface area contributed by atoms with Gasteiger partial charge in [-0.2, -0.15) is 0 Å². The summed E-state index contributed by atoms with van der Waals surface area (Å²) >= 11 is 1.70. The molecule has 0 aliphatic carbocycles. The molecule has 0 saturated heterocycles. The van der Waals surface area contributed by atoms with Gasteiger partial charge in [0.2, 0.25) is 0 Å². The average Bonchev–Trinajstić information content (AvgIpc) is 2.96. The molecule has 1 heterocycles. The third-order valence-electron chi connectivity index (χ3n) is 3.90. The molecule has 2 aromatic rings. The second-order valence-electron chi connectivity index (χ2n) is 5.79. The highest BCUT2D eigenvalue weighted by molar-refractivity contribution is 7.11. The lowest BCUT2D eigenvalue weighted by molar-refractivity contribution is 0.398. The summed E-state index contributed by atoms with van der Waals surface area (Å²) in [5.41, 5.74) is 2.16. The Bertz CT molecular complexity index is 743. The predicted octanol–water partition coefficient (Wildman–Crippen LogP) is 3.07. The lowest BCUT2D eigenvalue weighted by atomic mass is 10.1. The van der Waals surface area contributed by atoms with Gasteiger partial charge in [-0.3, -0.25) is 0 Å². The van der Waals surface area contributed by atoms with Gasteiger partial charge in [0.15, 0.2) is 5.96 Å². The zero-order valence-corrected chi connectivity index (χ0v) is 17.0. The Hall–Kier alpha value is -2.28. The number of guanidine groups is 1. The normalized spacial score (nSPS) is 11.3. The summed E-state index contributed by atoms with van der Waals surface area (Å²) in [5.74, 6) is 2.50. The zero-order chi connectivity index (χ0) is 18.9. The third kappa shape index (κ3) is 5.62. The van der Waals surface area contributed by atoms with Gasteiger partial charge < -0.3 is 20.1 Å². The van der Waals surface area contributed by atoms with Gasteiger partial charge in [0.1, 0.15) is 11.5 Å². The molecule has 0 spiro atoms. The summed E-state index contributed by atoms with van der Waals surface area (Å²) < 4.78 is 10.7. The molecular formula is C19H28N4O2S. The first-order valence-electron chi connectivity index (χ1n) is 8.73. The largest absolute Gasteiger partial charge is 0.497 e. The molecule has 0 unspecified atom stereocenters. The maximum Gasteiger partial charge on any atom is 0.191 e. The number of aryl methyl sites for hydroxylation is 2. The molecular weight excluding hydrogens is 348 g/mol. The number of methoxy groups -OCH3 is 2. The summed E-state index contributed by atoms with van der Waals surface area (Å²) in [4.78, 5) is 10.3. The van der Waals surface area contributed by atoms with E-state index in [0.29, 0.717) is 6.54 Å². The number of aromatic nitrogens is 1. The molecule has 0 atom stereocenters. The van der Waals surface area contributed by atoms with Crippen LogP contribution in [-0.4, -0.2) is 38.3 Å². The number of hydrogen-bond acceptors (Lipinski definition) is 5. The molecule has 6 nitrogen and oxygen atoms in total. The first kappa shape index (κ1) is 20.0. The van der Waals surface area contributed by atoms with Crippen molar-refractivity contribution in [3.8, 4) is 11.5 Å². The van der Waals surface area contributed by atoms with Crippen molar-refractivity contribution in [2.24, 2.45) is 4.99 Å². The monoisotopic (exact) mass is 376 g/mol. The van der Waals surface area contributed by atoms with Crippen molar-refractivity contribution in [1.29, 1.82) is 0 Å². The number of thiazole rings is 1. The van der Waals surface area contributed by atoms with E-state index in [1.807, 2.05) is 32.0 Å². The van der Waals surface area contributed by atoms with E-state index in [2.05, 4.69) is 27.5 Å². The Balaban J connectivity index is 1.98. The highest BCUT2D eigenvalue weighted by Gasteiger charge is 2.07. The fraction of sp³-hybridized carbons (Fsp3) is 0.474. The van der Waals surface area contributed by atoms with Gasteiger partial charge >= 0.3 is 0 Å². The van der Waals surface area contributed by atoms with Crippen LogP contribution < -0.4 is 20.1 Å². The maximum absolute atomic E-state index is 5.44. The minimum Gasteiger partial charge on any atom is -0.497 e. The Kier molecular flexibility index (Phi) is 7.72. The van der Waals surface area contributed by atoms with Crippen LogP contribution in [0.3, 0.4) is 0 Å². The summed E-state index contributed by atoms with van der Waals surface area (Å²) in [6.07, 6.45) is 0.809. The molecule has 0 saturated carbocycles. The number of hydrogen-bond donors (Lipinski definition) is 2. The molecule has 0 fully saturated rings. The van der Waals surface area contributed by atoms with E-state index >= 15 is 0 Å². The maximum atomic E-state index is 5.44. The van der Waals surface area contributed by atoms with Gasteiger partial charge in [0.05, 0.1) is 31.5 Å². The second-order valence-corrected chi connectivity index (χ2v) is 7.08. The van der Waals surface area contributed by atoms with Crippen molar-refractivity contribution in [2.45, 2.75) is 33.7 Å². The quantitative estimate of drug-likeness (QED) is 0.547. The molecule has 0 aliphatic rings. The van der Waals surface area contributed by atoms with Crippen LogP contribution in [0.5, 0.6) is 11.5 Å². The fourth-order valence-corrected chi connectivity index (χ4v) is 3.47. The number of rotatable bonds is 8. The minimum atomic E-state index is 0.634. The lowest BCUT2D eigenvalue weighted by Gasteiger charge is -2.13. The topological polar surface area (TPSA) is 67.8 Å². The van der Waals surface area contributed by atoms with Crippen LogP contribution in [0.15, 0.2) is 23.2 Å². The van der Waals surface area contributed by atoms with E-state index < -0.39 is 0 Å². The summed E-state index contributed by atoms with van der Waals surface area (Å²) in [6.45, 7) is 8.31. The average molecular weight is 377 g/mol. The minimum absolute atomic E-state index is 0.634. The summed E-state index contributed by atoms with van der Waals surface area (Å²) in [7, 11) is 3.35. The highest BCUT2D eigenvalue weighted by Crippen LogP contribution is 2.24. The zero-order valence-electron chi connectivity index (χ0n) is 16.2. The molecule has 2 N–H and O–H groups in total. The third-order valence-corrected chi connectivity index (χ3v) is 4.96. The second kappa shape index (κ2) is 10.0. The van der Waals surface area contributed by atoms with E-state index in [1.165, 1.54) is 4.88 Å². The molecule has 2 rings (SSSR count). The summed E-state index contributed by atoms with van der Waals surface area (Å²) in [5, 5.41) is 7.74. The smallest absolute Gasteiger partial charge is 0.191 e. The molecule has 0 bridgehead atoms. The Morgan fingerprint density at radius 2 is 2.00 bits per heavy atom. The van der Waals surface area contributed by atoms with E-state index in [4.69, 9.17) is 9.47 Å². The van der Waals surface area contributed by atoms with Crippen LogP contribution in [0.25, 0.3) is 0 Å². The van der Waals surface area contributed by atoms with Crippen molar-refractivity contribution in [3.05, 3.63) is 39.3 Å². The number of nitrogens with zero attached hydrogens (tertiary/aromatic N) is 2. The van der Waals surface area contributed by atoms with E-state index in [0.717, 1.165) is 53.2 Å². The molecule has 142 valence electrons. The lowest BCUT2D eigenvalue weighted by Crippen LogP contribution is -2.38. The van der Waals surface area contributed by atoms with Gasteiger partial charge in [-0.15, -0.1) is 11.3 Å². The van der Waals surface area contributed by atoms with Gasteiger partial charge in [-0.1, -0.05) is 0 Å². The molecule has 0 amide bonds. The fourth-order valence-electron chi connectivity index (χ4n) is 2.61. The molecule has 1 aromatic carbocycles. The van der Waals surface area contributed by atoms with Crippen LogP contribution in [0.1, 0.15) is 28.1 Å².